The SMILES string of the molecule is O=C(O)c1cn2ccnc(NCCc3nc4c(s3)CCCC4)c2n1. The van der Waals surface area contributed by atoms with E-state index in [1.165, 1.54) is 29.6 Å². The Morgan fingerprint density at radius 3 is 3.04 bits per heavy atom. The Balaban J connectivity index is 1.46. The summed E-state index contributed by atoms with van der Waals surface area (Å²) in [5.74, 6) is -0.454. The lowest BCUT2D eigenvalue weighted by atomic mass is 10.0. The standard InChI is InChI=1S/C16H17N5O2S/c22-16(23)11-9-21-8-7-18-14(15(21)20-11)17-6-5-13-19-10-3-1-2-4-12(10)24-13/h7-9H,1-6H2,(H,17,18)(H,22,23). The third-order valence-electron chi connectivity index (χ3n) is 4.12. The fourth-order valence-corrected chi connectivity index (χ4v) is 4.10. The molecule has 0 amide bonds. The van der Waals surface area contributed by atoms with E-state index in [2.05, 4.69) is 15.3 Å². The van der Waals surface area contributed by atoms with Gasteiger partial charge in [0.2, 0.25) is 0 Å². The third kappa shape index (κ3) is 2.84. The maximum absolute atomic E-state index is 11.1. The van der Waals surface area contributed by atoms with Crippen molar-refractivity contribution in [2.24, 2.45) is 0 Å². The summed E-state index contributed by atoms with van der Waals surface area (Å²) in [5.41, 5.74) is 1.81. The second kappa shape index (κ2) is 6.20. The molecule has 7 nitrogen and oxygen atoms in total. The molecule has 1 aliphatic rings. The molecular formula is C16H17N5O2S. The van der Waals surface area contributed by atoms with Gasteiger partial charge in [-0.3, -0.25) is 0 Å². The average molecular weight is 343 g/mol. The van der Waals surface area contributed by atoms with Gasteiger partial charge in [0.15, 0.2) is 17.2 Å². The molecule has 0 spiro atoms. The molecule has 0 saturated carbocycles. The molecule has 0 aliphatic heterocycles. The summed E-state index contributed by atoms with van der Waals surface area (Å²) in [5, 5.41) is 13.5. The zero-order chi connectivity index (χ0) is 16.5. The molecule has 0 aromatic carbocycles. The molecule has 24 heavy (non-hydrogen) atoms. The molecule has 1 aliphatic carbocycles. The second-order valence-electron chi connectivity index (χ2n) is 5.80. The van der Waals surface area contributed by atoms with Crippen LogP contribution in [0.5, 0.6) is 0 Å². The third-order valence-corrected chi connectivity index (χ3v) is 5.33. The molecule has 0 radical (unpaired) electrons. The van der Waals surface area contributed by atoms with Gasteiger partial charge in [-0.05, 0) is 25.7 Å². The van der Waals surface area contributed by atoms with Crippen molar-refractivity contribution in [1.82, 2.24) is 19.4 Å². The van der Waals surface area contributed by atoms with Crippen LogP contribution in [0.2, 0.25) is 0 Å². The number of anilines is 1. The zero-order valence-electron chi connectivity index (χ0n) is 13.0. The van der Waals surface area contributed by atoms with E-state index < -0.39 is 5.97 Å². The molecule has 2 N–H and O–H groups in total. The van der Waals surface area contributed by atoms with Crippen LogP contribution in [0.25, 0.3) is 5.65 Å². The summed E-state index contributed by atoms with van der Waals surface area (Å²) in [7, 11) is 0. The minimum atomic E-state index is -1.04. The molecule has 3 heterocycles. The molecule has 0 bridgehead atoms. The Hall–Kier alpha value is -2.48. The largest absolute Gasteiger partial charge is 0.476 e. The van der Waals surface area contributed by atoms with Gasteiger partial charge in [0.1, 0.15) is 0 Å². The Morgan fingerprint density at radius 2 is 2.21 bits per heavy atom. The van der Waals surface area contributed by atoms with Crippen LogP contribution in [0, 0.1) is 0 Å². The lowest BCUT2D eigenvalue weighted by Gasteiger charge is -2.06. The van der Waals surface area contributed by atoms with Crippen molar-refractivity contribution >= 4 is 28.8 Å². The Bertz CT molecular complexity index is 878. The number of nitrogens with zero attached hydrogens (tertiary/aromatic N) is 4. The van der Waals surface area contributed by atoms with Crippen molar-refractivity contribution in [3.63, 3.8) is 0 Å². The normalized spacial score (nSPS) is 13.8. The van der Waals surface area contributed by atoms with E-state index in [-0.39, 0.29) is 5.69 Å². The van der Waals surface area contributed by atoms with E-state index in [0.717, 1.165) is 24.3 Å². The number of hydrogen-bond acceptors (Lipinski definition) is 6. The van der Waals surface area contributed by atoms with Crippen LogP contribution in [0.1, 0.15) is 38.9 Å². The number of carboxylic acid groups (broad SMARTS) is 1. The first-order chi connectivity index (χ1) is 11.7. The molecule has 124 valence electrons. The Kier molecular flexibility index (Phi) is 3.89. The maximum Gasteiger partial charge on any atom is 0.356 e. The molecule has 3 aromatic rings. The molecule has 0 atom stereocenters. The monoisotopic (exact) mass is 343 g/mol. The van der Waals surface area contributed by atoms with Gasteiger partial charge in [0, 0.05) is 36.4 Å². The first-order valence-electron chi connectivity index (χ1n) is 7.99. The second-order valence-corrected chi connectivity index (χ2v) is 6.97. The van der Waals surface area contributed by atoms with Gasteiger partial charge in [0.05, 0.1) is 10.7 Å². The molecule has 0 unspecified atom stereocenters. The number of rotatable bonds is 5. The number of carbonyl (C=O) groups is 1. The minimum Gasteiger partial charge on any atom is -0.476 e. The van der Waals surface area contributed by atoms with Crippen LogP contribution < -0.4 is 5.32 Å². The van der Waals surface area contributed by atoms with Gasteiger partial charge < -0.3 is 14.8 Å². The summed E-state index contributed by atoms with van der Waals surface area (Å²) in [4.78, 5) is 25.6. The number of aromatic nitrogens is 4. The molecular weight excluding hydrogens is 326 g/mol. The number of imidazole rings is 1. The highest BCUT2D eigenvalue weighted by Crippen LogP contribution is 2.26. The van der Waals surface area contributed by atoms with Crippen molar-refractivity contribution < 1.29 is 9.90 Å². The summed E-state index contributed by atoms with van der Waals surface area (Å²) < 4.78 is 1.67. The van der Waals surface area contributed by atoms with E-state index >= 15 is 0 Å². The minimum absolute atomic E-state index is 0.0126. The van der Waals surface area contributed by atoms with Crippen LogP contribution in [0.4, 0.5) is 5.82 Å². The van der Waals surface area contributed by atoms with Gasteiger partial charge in [0.25, 0.3) is 0 Å². The van der Waals surface area contributed by atoms with Crippen LogP contribution in [-0.4, -0.2) is 37.0 Å². The van der Waals surface area contributed by atoms with Crippen molar-refractivity contribution in [3.8, 4) is 0 Å². The van der Waals surface area contributed by atoms with Gasteiger partial charge in [-0.15, -0.1) is 11.3 Å². The van der Waals surface area contributed by atoms with Crippen LogP contribution in [0.15, 0.2) is 18.6 Å². The van der Waals surface area contributed by atoms with E-state index in [4.69, 9.17) is 10.1 Å². The number of fused-ring (bicyclic) bond motifs is 2. The Morgan fingerprint density at radius 1 is 1.33 bits per heavy atom. The highest BCUT2D eigenvalue weighted by atomic mass is 32.1. The van der Waals surface area contributed by atoms with Gasteiger partial charge in [-0.2, -0.15) is 0 Å². The summed E-state index contributed by atoms with van der Waals surface area (Å²) in [6.45, 7) is 0.689. The van der Waals surface area contributed by atoms with E-state index in [1.807, 2.05) is 11.3 Å². The number of nitrogens with one attached hydrogen (secondary N) is 1. The highest BCUT2D eigenvalue weighted by Gasteiger charge is 2.15. The number of carboxylic acids is 1. The van der Waals surface area contributed by atoms with Crippen LogP contribution >= 0.6 is 11.3 Å². The summed E-state index contributed by atoms with van der Waals surface area (Å²) >= 11 is 1.81. The van der Waals surface area contributed by atoms with Gasteiger partial charge in [-0.25, -0.2) is 19.7 Å². The maximum atomic E-state index is 11.1. The quantitative estimate of drug-likeness (QED) is 0.739. The number of aryl methyl sites for hydroxylation is 2. The number of thiazole rings is 1. The lowest BCUT2D eigenvalue weighted by Crippen LogP contribution is -2.08. The smallest absolute Gasteiger partial charge is 0.356 e. The Labute approximate surface area is 142 Å². The van der Waals surface area contributed by atoms with Gasteiger partial charge in [-0.1, -0.05) is 0 Å². The van der Waals surface area contributed by atoms with Crippen molar-refractivity contribution in [1.29, 1.82) is 0 Å². The molecule has 0 saturated heterocycles. The predicted molar refractivity (Wildman–Crippen MR) is 90.9 cm³/mol. The van der Waals surface area contributed by atoms with Crippen molar-refractivity contribution in [2.75, 3.05) is 11.9 Å². The average Bonchev–Trinajstić information content (AvgIpc) is 3.18. The van der Waals surface area contributed by atoms with Crippen LogP contribution in [0.3, 0.4) is 0 Å². The lowest BCUT2D eigenvalue weighted by molar-refractivity contribution is 0.0691. The number of hydrogen-bond donors (Lipinski definition) is 2. The topological polar surface area (TPSA) is 92.4 Å². The van der Waals surface area contributed by atoms with Crippen molar-refractivity contribution in [2.45, 2.75) is 32.1 Å². The van der Waals surface area contributed by atoms with Crippen molar-refractivity contribution in [3.05, 3.63) is 39.9 Å². The summed E-state index contributed by atoms with van der Waals surface area (Å²) in [6, 6.07) is 0. The van der Waals surface area contributed by atoms with Crippen LogP contribution in [-0.2, 0) is 19.3 Å². The molecule has 3 aromatic heterocycles. The fourth-order valence-electron chi connectivity index (χ4n) is 2.95. The highest BCUT2D eigenvalue weighted by molar-refractivity contribution is 7.11. The number of aromatic carboxylic acids is 1. The van der Waals surface area contributed by atoms with E-state index in [1.54, 1.807) is 16.8 Å². The van der Waals surface area contributed by atoms with Gasteiger partial charge >= 0.3 is 5.97 Å². The zero-order valence-corrected chi connectivity index (χ0v) is 13.8. The molecule has 0 fully saturated rings. The molecule has 4 rings (SSSR count). The molecule has 8 heteroatoms. The summed E-state index contributed by atoms with van der Waals surface area (Å²) in [6.07, 6.45) is 10.4. The first kappa shape index (κ1) is 15.1. The van der Waals surface area contributed by atoms with E-state index in [9.17, 15) is 4.79 Å². The fraction of sp³-hybridized carbons (Fsp3) is 0.375. The first-order valence-corrected chi connectivity index (χ1v) is 8.80. The van der Waals surface area contributed by atoms with E-state index in [0.29, 0.717) is 18.0 Å². The predicted octanol–water partition coefficient (Wildman–Crippen LogP) is 2.42.